The summed E-state index contributed by atoms with van der Waals surface area (Å²) in [6.07, 6.45) is 3.45. The van der Waals surface area contributed by atoms with Gasteiger partial charge in [-0.1, -0.05) is 23.7 Å². The van der Waals surface area contributed by atoms with Gasteiger partial charge < -0.3 is 0 Å². The van der Waals surface area contributed by atoms with Crippen LogP contribution in [0.15, 0.2) is 59.9 Å². The molecule has 0 fully saturated rings. The Hall–Kier alpha value is -2.42. The normalized spacial score (nSPS) is 10.3. The van der Waals surface area contributed by atoms with Gasteiger partial charge in [-0.05, 0) is 35.9 Å². The van der Waals surface area contributed by atoms with E-state index in [1.54, 1.807) is 24.5 Å². The molecule has 4 nitrogen and oxygen atoms in total. The first-order valence-corrected chi connectivity index (χ1v) is 8.18. The van der Waals surface area contributed by atoms with Gasteiger partial charge in [-0.15, -0.1) is 11.8 Å². The maximum Gasteiger partial charge on any atom is 0.129 e. The number of hydrogen-bond acceptors (Lipinski definition) is 5. The van der Waals surface area contributed by atoms with Crippen molar-refractivity contribution < 1.29 is 0 Å². The predicted molar refractivity (Wildman–Crippen MR) is 91.0 cm³/mol. The van der Waals surface area contributed by atoms with Crippen molar-refractivity contribution in [2.75, 3.05) is 0 Å². The quantitative estimate of drug-likeness (QED) is 0.522. The fourth-order valence-electron chi connectivity index (χ4n) is 1.94. The minimum absolute atomic E-state index is 0.465. The zero-order valence-corrected chi connectivity index (χ0v) is 13.6. The smallest absolute Gasteiger partial charge is 0.129 e. The van der Waals surface area contributed by atoms with Crippen LogP contribution in [0.25, 0.3) is 11.4 Å². The van der Waals surface area contributed by atoms with E-state index in [0.29, 0.717) is 21.5 Å². The number of thioether (sulfide) groups is 1. The Morgan fingerprint density at radius 3 is 2.65 bits per heavy atom. The summed E-state index contributed by atoms with van der Waals surface area (Å²) in [6.45, 7) is 0. The van der Waals surface area contributed by atoms with Crippen LogP contribution in [0.4, 0.5) is 0 Å². The van der Waals surface area contributed by atoms with Gasteiger partial charge in [0.1, 0.15) is 16.2 Å². The Bertz CT molecular complexity index is 845. The minimum atomic E-state index is 0.465. The van der Waals surface area contributed by atoms with Crippen molar-refractivity contribution >= 4 is 23.4 Å². The van der Waals surface area contributed by atoms with E-state index in [-0.39, 0.29) is 0 Å². The Morgan fingerprint density at radius 2 is 1.96 bits per heavy atom. The van der Waals surface area contributed by atoms with Crippen molar-refractivity contribution in [1.82, 2.24) is 15.0 Å². The summed E-state index contributed by atoms with van der Waals surface area (Å²) in [7, 11) is 0. The number of rotatable bonds is 4. The lowest BCUT2D eigenvalue weighted by Crippen LogP contribution is -1.93. The zero-order chi connectivity index (χ0) is 16.1. The molecule has 0 aromatic carbocycles. The molecular weight excluding hydrogens is 328 g/mol. The summed E-state index contributed by atoms with van der Waals surface area (Å²) < 4.78 is 0. The van der Waals surface area contributed by atoms with Crippen molar-refractivity contribution in [3.63, 3.8) is 0 Å². The predicted octanol–water partition coefficient (Wildman–Crippen LogP) is 4.36. The molecule has 3 heterocycles. The molecule has 0 amide bonds. The summed E-state index contributed by atoms with van der Waals surface area (Å²) in [5.41, 5.74) is 3.11. The van der Waals surface area contributed by atoms with Crippen LogP contribution in [0.3, 0.4) is 0 Å². The van der Waals surface area contributed by atoms with E-state index in [4.69, 9.17) is 11.6 Å². The first-order chi connectivity index (χ1) is 11.3. The standard InChI is InChI=1S/C17H11ClN4S/c18-16-7-4-12(10-21-16)11-23-17-13(9-19)5-6-15(22-17)14-3-1-2-8-20-14/h1-8,10H,11H2. The number of nitriles is 1. The second kappa shape index (κ2) is 7.23. The van der Waals surface area contributed by atoms with Crippen molar-refractivity contribution in [2.45, 2.75) is 10.8 Å². The van der Waals surface area contributed by atoms with Gasteiger partial charge in [0, 0.05) is 18.1 Å². The number of nitrogens with zero attached hydrogens (tertiary/aromatic N) is 4. The highest BCUT2D eigenvalue weighted by Gasteiger charge is 2.09. The topological polar surface area (TPSA) is 62.5 Å². The molecule has 3 aromatic heterocycles. The average molecular weight is 339 g/mol. The SMILES string of the molecule is N#Cc1ccc(-c2ccccn2)nc1SCc1ccc(Cl)nc1. The van der Waals surface area contributed by atoms with E-state index in [9.17, 15) is 5.26 Å². The van der Waals surface area contributed by atoms with E-state index in [0.717, 1.165) is 17.0 Å². The third kappa shape index (κ3) is 3.86. The van der Waals surface area contributed by atoms with Crippen LogP contribution in [0.1, 0.15) is 11.1 Å². The van der Waals surface area contributed by atoms with E-state index in [1.165, 1.54) is 11.8 Å². The molecule has 0 radical (unpaired) electrons. The molecule has 3 rings (SSSR count). The molecule has 6 heteroatoms. The molecule has 0 N–H and O–H groups in total. The molecule has 0 atom stereocenters. The second-order valence-electron chi connectivity index (χ2n) is 4.65. The van der Waals surface area contributed by atoms with Gasteiger partial charge in [0.05, 0.1) is 17.0 Å². The highest BCUT2D eigenvalue weighted by molar-refractivity contribution is 7.98. The number of hydrogen-bond donors (Lipinski definition) is 0. The van der Waals surface area contributed by atoms with Gasteiger partial charge >= 0.3 is 0 Å². The summed E-state index contributed by atoms with van der Waals surface area (Å²) >= 11 is 7.28. The summed E-state index contributed by atoms with van der Waals surface area (Å²) in [4.78, 5) is 12.9. The minimum Gasteiger partial charge on any atom is -0.255 e. The number of pyridine rings is 3. The maximum atomic E-state index is 9.26. The molecule has 0 spiro atoms. The Morgan fingerprint density at radius 1 is 1.04 bits per heavy atom. The maximum absolute atomic E-state index is 9.26. The third-order valence-corrected chi connectivity index (χ3v) is 4.36. The monoisotopic (exact) mass is 338 g/mol. The van der Waals surface area contributed by atoms with Gasteiger partial charge in [0.2, 0.25) is 0 Å². The molecule has 0 saturated heterocycles. The molecule has 0 unspecified atom stereocenters. The van der Waals surface area contributed by atoms with Gasteiger partial charge in [0.25, 0.3) is 0 Å². The fourth-order valence-corrected chi connectivity index (χ4v) is 2.95. The Labute approximate surface area is 143 Å². The first kappa shape index (κ1) is 15.5. The van der Waals surface area contributed by atoms with Crippen molar-refractivity contribution in [1.29, 1.82) is 5.26 Å². The van der Waals surface area contributed by atoms with Crippen LogP contribution in [0.5, 0.6) is 0 Å². The van der Waals surface area contributed by atoms with Crippen molar-refractivity contribution in [3.05, 3.63) is 71.1 Å². The lowest BCUT2D eigenvalue weighted by Gasteiger charge is -2.06. The van der Waals surface area contributed by atoms with Gasteiger partial charge in [0.15, 0.2) is 0 Å². The molecule has 0 aliphatic rings. The molecule has 112 valence electrons. The summed E-state index contributed by atoms with van der Waals surface area (Å²) in [5.74, 6) is 0.664. The molecule has 0 bridgehead atoms. The van der Waals surface area contributed by atoms with Crippen molar-refractivity contribution in [3.8, 4) is 17.5 Å². The zero-order valence-electron chi connectivity index (χ0n) is 12.0. The van der Waals surface area contributed by atoms with E-state index < -0.39 is 0 Å². The lowest BCUT2D eigenvalue weighted by molar-refractivity contribution is 1.10. The highest BCUT2D eigenvalue weighted by Crippen LogP contribution is 2.27. The Balaban J connectivity index is 1.85. The van der Waals surface area contributed by atoms with Gasteiger partial charge in [-0.25, -0.2) is 9.97 Å². The second-order valence-corrected chi connectivity index (χ2v) is 6.01. The largest absolute Gasteiger partial charge is 0.255 e. The van der Waals surface area contributed by atoms with Crippen LogP contribution in [-0.4, -0.2) is 15.0 Å². The molecule has 0 aliphatic heterocycles. The summed E-state index contributed by atoms with van der Waals surface area (Å²) in [6, 6.07) is 15.1. The molecular formula is C17H11ClN4S. The average Bonchev–Trinajstić information content (AvgIpc) is 2.62. The van der Waals surface area contributed by atoms with Crippen LogP contribution < -0.4 is 0 Å². The molecule has 0 aliphatic carbocycles. The van der Waals surface area contributed by atoms with Crippen LogP contribution in [0, 0.1) is 11.3 Å². The Kier molecular flexibility index (Phi) is 4.86. The van der Waals surface area contributed by atoms with Gasteiger partial charge in [-0.2, -0.15) is 5.26 Å². The van der Waals surface area contributed by atoms with Crippen molar-refractivity contribution in [2.24, 2.45) is 0 Å². The van der Waals surface area contributed by atoms with Crippen LogP contribution >= 0.6 is 23.4 Å². The lowest BCUT2D eigenvalue weighted by atomic mass is 10.2. The van der Waals surface area contributed by atoms with Crippen LogP contribution in [0.2, 0.25) is 5.15 Å². The van der Waals surface area contributed by atoms with Gasteiger partial charge in [-0.3, -0.25) is 4.98 Å². The fraction of sp³-hybridized carbons (Fsp3) is 0.0588. The third-order valence-electron chi connectivity index (χ3n) is 3.07. The number of aromatic nitrogens is 3. The highest BCUT2D eigenvalue weighted by atomic mass is 35.5. The molecule has 3 aromatic rings. The van der Waals surface area contributed by atoms with E-state index >= 15 is 0 Å². The van der Waals surface area contributed by atoms with E-state index in [1.807, 2.05) is 30.3 Å². The van der Waals surface area contributed by atoms with Crippen LogP contribution in [-0.2, 0) is 5.75 Å². The van der Waals surface area contributed by atoms with E-state index in [2.05, 4.69) is 21.0 Å². The molecule has 0 saturated carbocycles. The molecule has 23 heavy (non-hydrogen) atoms. The summed E-state index contributed by atoms with van der Waals surface area (Å²) in [5, 5.41) is 10.4. The first-order valence-electron chi connectivity index (χ1n) is 6.82. The number of halogens is 1.